The second-order valence-electron chi connectivity index (χ2n) is 8.72. The highest BCUT2D eigenvalue weighted by atomic mass is 35.5. The average molecular weight is 476 g/mol. The molecule has 0 unspecified atom stereocenters. The second kappa shape index (κ2) is 10.9. The van der Waals surface area contributed by atoms with E-state index in [0.717, 1.165) is 0 Å². The van der Waals surface area contributed by atoms with Crippen molar-refractivity contribution >= 4 is 29.1 Å². The number of pyridine rings is 1. The van der Waals surface area contributed by atoms with E-state index in [-0.39, 0.29) is 23.8 Å². The maximum Gasteiger partial charge on any atom is 0.257 e. The fourth-order valence-corrected chi connectivity index (χ4v) is 3.51. The van der Waals surface area contributed by atoms with Crippen molar-refractivity contribution in [3.8, 4) is 6.07 Å². The Hall–Kier alpha value is -3.73. The minimum absolute atomic E-state index is 0.202. The number of amides is 2. The van der Waals surface area contributed by atoms with Crippen molar-refractivity contribution in [2.75, 3.05) is 18.4 Å². The summed E-state index contributed by atoms with van der Waals surface area (Å²) in [4.78, 5) is 31.6. The molecule has 1 aromatic heterocycles. The third-order valence-corrected chi connectivity index (χ3v) is 5.68. The number of nitriles is 1. The van der Waals surface area contributed by atoms with Crippen molar-refractivity contribution in [1.82, 2.24) is 9.88 Å². The topological polar surface area (TPSA) is 112 Å². The Morgan fingerprint density at radius 1 is 1.15 bits per heavy atom. The third kappa shape index (κ3) is 6.41. The maximum absolute atomic E-state index is 13.4. The van der Waals surface area contributed by atoms with Crippen LogP contribution in [0.5, 0.6) is 0 Å². The second-order valence-corrected chi connectivity index (χ2v) is 9.13. The predicted octanol–water partition coefficient (Wildman–Crippen LogP) is 4.49. The first-order chi connectivity index (χ1) is 16.2. The Balaban J connectivity index is 1.87. The van der Waals surface area contributed by atoms with Crippen LogP contribution in [0.4, 0.5) is 5.69 Å². The predicted molar refractivity (Wildman–Crippen MR) is 132 cm³/mol. The lowest BCUT2D eigenvalue weighted by molar-refractivity contribution is 0.0673. The summed E-state index contributed by atoms with van der Waals surface area (Å²) in [6.07, 6.45) is 3.08. The number of nitrogens with two attached hydrogens (primary N) is 1. The molecule has 8 heteroatoms. The van der Waals surface area contributed by atoms with Gasteiger partial charge < -0.3 is 16.0 Å². The highest BCUT2D eigenvalue weighted by Gasteiger charge is 2.25. The number of nitrogens with zero attached hydrogens (tertiary/aromatic N) is 3. The van der Waals surface area contributed by atoms with E-state index in [9.17, 15) is 9.59 Å². The summed E-state index contributed by atoms with van der Waals surface area (Å²) in [5.74, 6) is -0.497. The van der Waals surface area contributed by atoms with Gasteiger partial charge in [-0.3, -0.25) is 14.6 Å². The first kappa shape index (κ1) is 24.9. The van der Waals surface area contributed by atoms with E-state index in [2.05, 4.69) is 16.4 Å². The molecular formula is C26H26ClN5O2. The first-order valence-electron chi connectivity index (χ1n) is 10.7. The average Bonchev–Trinajstić information content (AvgIpc) is 2.85. The number of hydrogen-bond acceptors (Lipinski definition) is 5. The van der Waals surface area contributed by atoms with Gasteiger partial charge in [-0.1, -0.05) is 25.4 Å². The number of aromatic nitrogens is 1. The molecule has 3 N–H and O–H groups in total. The number of carbonyl (C=O) groups is 2. The van der Waals surface area contributed by atoms with Crippen molar-refractivity contribution in [2.45, 2.75) is 20.4 Å². The molecule has 7 nitrogen and oxygen atoms in total. The minimum atomic E-state index is -0.332. The Morgan fingerprint density at radius 2 is 1.88 bits per heavy atom. The zero-order valence-electron chi connectivity index (χ0n) is 19.1. The molecule has 0 spiro atoms. The number of hydrogen-bond donors (Lipinski definition) is 2. The molecule has 2 aromatic carbocycles. The van der Waals surface area contributed by atoms with Crippen LogP contribution in [-0.2, 0) is 6.54 Å². The third-order valence-electron chi connectivity index (χ3n) is 5.31. The number of anilines is 1. The molecular weight excluding hydrogens is 450 g/mol. The molecule has 0 aliphatic heterocycles. The van der Waals surface area contributed by atoms with Crippen LogP contribution in [0.15, 0.2) is 67.0 Å². The van der Waals surface area contributed by atoms with Crippen molar-refractivity contribution < 1.29 is 9.59 Å². The SMILES string of the molecule is CC(C)(CN)CN(Cc1cc(NC(=O)c2cccnc2)ccc1Cl)C(=O)c1ccc(C#N)cc1. The molecule has 174 valence electrons. The van der Waals surface area contributed by atoms with Gasteiger partial charge in [0, 0.05) is 41.8 Å². The van der Waals surface area contributed by atoms with Gasteiger partial charge in [0.1, 0.15) is 0 Å². The molecule has 0 aliphatic rings. The highest BCUT2D eigenvalue weighted by molar-refractivity contribution is 6.31. The van der Waals surface area contributed by atoms with E-state index < -0.39 is 0 Å². The Morgan fingerprint density at radius 3 is 2.50 bits per heavy atom. The molecule has 0 saturated carbocycles. The van der Waals surface area contributed by atoms with Crippen LogP contribution >= 0.6 is 11.6 Å². The maximum atomic E-state index is 13.4. The van der Waals surface area contributed by atoms with Gasteiger partial charge in [0.15, 0.2) is 0 Å². The monoisotopic (exact) mass is 475 g/mol. The molecule has 0 fully saturated rings. The highest BCUT2D eigenvalue weighted by Crippen LogP contribution is 2.26. The summed E-state index contributed by atoms with van der Waals surface area (Å²) < 4.78 is 0. The summed E-state index contributed by atoms with van der Waals surface area (Å²) in [7, 11) is 0. The number of carbonyl (C=O) groups excluding carboxylic acids is 2. The van der Waals surface area contributed by atoms with Gasteiger partial charge in [0.05, 0.1) is 17.2 Å². The summed E-state index contributed by atoms with van der Waals surface area (Å²) in [6.45, 7) is 4.97. The lowest BCUT2D eigenvalue weighted by Gasteiger charge is -2.32. The molecule has 3 aromatic rings. The molecule has 3 rings (SSSR count). The molecule has 0 atom stereocenters. The van der Waals surface area contributed by atoms with Crippen molar-refractivity contribution in [3.05, 3.63) is 94.3 Å². The van der Waals surface area contributed by atoms with Gasteiger partial charge in [-0.25, -0.2) is 0 Å². The number of nitrogens with one attached hydrogen (secondary N) is 1. The van der Waals surface area contributed by atoms with E-state index in [1.807, 2.05) is 13.8 Å². The lowest BCUT2D eigenvalue weighted by atomic mass is 9.92. The summed E-state index contributed by atoms with van der Waals surface area (Å²) in [5.41, 5.74) is 8.21. The summed E-state index contributed by atoms with van der Waals surface area (Å²) in [6, 6.07) is 17.1. The summed E-state index contributed by atoms with van der Waals surface area (Å²) >= 11 is 6.47. The van der Waals surface area contributed by atoms with Crippen LogP contribution in [0, 0.1) is 16.7 Å². The van der Waals surface area contributed by atoms with Crippen molar-refractivity contribution in [1.29, 1.82) is 5.26 Å². The normalized spacial score (nSPS) is 10.9. The van der Waals surface area contributed by atoms with Crippen molar-refractivity contribution in [2.24, 2.45) is 11.1 Å². The molecule has 1 heterocycles. The summed E-state index contributed by atoms with van der Waals surface area (Å²) in [5, 5.41) is 12.4. The Labute approximate surface area is 204 Å². The number of rotatable bonds is 8. The van der Waals surface area contributed by atoms with Gasteiger partial charge in [0.2, 0.25) is 0 Å². The molecule has 0 radical (unpaired) electrons. The van der Waals surface area contributed by atoms with Crippen LogP contribution in [-0.4, -0.2) is 34.8 Å². The molecule has 0 saturated heterocycles. The van der Waals surface area contributed by atoms with Gasteiger partial charge in [-0.2, -0.15) is 5.26 Å². The van der Waals surface area contributed by atoms with E-state index in [1.165, 1.54) is 6.20 Å². The largest absolute Gasteiger partial charge is 0.334 e. The molecule has 2 amide bonds. The van der Waals surface area contributed by atoms with E-state index in [0.29, 0.717) is 46.1 Å². The fraction of sp³-hybridized carbons (Fsp3) is 0.231. The molecule has 0 bridgehead atoms. The van der Waals surface area contributed by atoms with Gasteiger partial charge in [-0.15, -0.1) is 0 Å². The van der Waals surface area contributed by atoms with E-state index in [1.54, 1.807) is 65.7 Å². The number of halogens is 1. The van der Waals surface area contributed by atoms with E-state index in [4.69, 9.17) is 22.6 Å². The molecule has 34 heavy (non-hydrogen) atoms. The van der Waals surface area contributed by atoms with Crippen LogP contribution < -0.4 is 11.1 Å². The first-order valence-corrected chi connectivity index (χ1v) is 11.1. The van der Waals surface area contributed by atoms with Crippen LogP contribution in [0.1, 0.15) is 45.7 Å². The zero-order chi connectivity index (χ0) is 24.7. The van der Waals surface area contributed by atoms with E-state index >= 15 is 0 Å². The van der Waals surface area contributed by atoms with Crippen molar-refractivity contribution in [3.63, 3.8) is 0 Å². The zero-order valence-corrected chi connectivity index (χ0v) is 19.8. The quantitative estimate of drug-likeness (QED) is 0.498. The minimum Gasteiger partial charge on any atom is -0.334 e. The number of benzene rings is 2. The van der Waals surface area contributed by atoms with Gasteiger partial charge in [0.25, 0.3) is 11.8 Å². The Kier molecular flexibility index (Phi) is 8.00. The van der Waals surface area contributed by atoms with Crippen LogP contribution in [0.25, 0.3) is 0 Å². The standard InChI is InChI=1S/C26H26ClN5O2/c1-26(2,16-29)17-32(25(34)19-7-5-18(13-28)6-8-19)15-21-12-22(9-10-23(21)27)31-24(33)20-4-3-11-30-14-20/h3-12,14H,15-17,29H2,1-2H3,(H,31,33). The van der Waals surface area contributed by atoms with Gasteiger partial charge >= 0.3 is 0 Å². The smallest absolute Gasteiger partial charge is 0.257 e. The fourth-order valence-electron chi connectivity index (χ4n) is 3.33. The van der Waals surface area contributed by atoms with Gasteiger partial charge in [-0.05, 0) is 72.1 Å². The van der Waals surface area contributed by atoms with Crippen LogP contribution in [0.2, 0.25) is 5.02 Å². The lowest BCUT2D eigenvalue weighted by Crippen LogP contribution is -2.41. The molecule has 0 aliphatic carbocycles. The Bertz CT molecular complexity index is 1200. The van der Waals surface area contributed by atoms with Crippen LogP contribution in [0.3, 0.4) is 0 Å².